The predicted molar refractivity (Wildman–Crippen MR) is 139 cm³/mol. The van der Waals surface area contributed by atoms with E-state index in [1.165, 1.54) is 21.9 Å². The molecule has 0 spiro atoms. The van der Waals surface area contributed by atoms with Gasteiger partial charge in [-0.25, -0.2) is 15.0 Å². The van der Waals surface area contributed by atoms with Gasteiger partial charge in [0.25, 0.3) is 0 Å². The van der Waals surface area contributed by atoms with Crippen molar-refractivity contribution in [2.75, 3.05) is 0 Å². The van der Waals surface area contributed by atoms with Gasteiger partial charge >= 0.3 is 0 Å². The highest BCUT2D eigenvalue weighted by Gasteiger charge is 2.09. The normalized spacial score (nSPS) is 10.9. The monoisotopic (exact) mass is 435 g/mol. The molecule has 0 N–H and O–H groups in total. The van der Waals surface area contributed by atoms with E-state index in [2.05, 4.69) is 94.9 Å². The Balaban J connectivity index is 1.36. The van der Waals surface area contributed by atoms with Crippen LogP contribution in [0.15, 0.2) is 128 Å². The largest absolute Gasteiger partial charge is 0.217 e. The average Bonchev–Trinajstić information content (AvgIpc) is 2.93. The van der Waals surface area contributed by atoms with E-state index in [1.54, 1.807) is 6.33 Å². The topological polar surface area (TPSA) is 38.7 Å². The first kappa shape index (κ1) is 20.0. The van der Waals surface area contributed by atoms with Crippen LogP contribution in [0.3, 0.4) is 0 Å². The lowest BCUT2D eigenvalue weighted by atomic mass is 9.99. The summed E-state index contributed by atoms with van der Waals surface area (Å²) >= 11 is 0. The number of rotatable bonds is 4. The molecule has 0 saturated heterocycles. The molecule has 6 aromatic rings. The smallest absolute Gasteiger partial charge is 0.163 e. The Kier molecular flexibility index (Phi) is 5.13. The molecule has 6 rings (SSSR count). The molecule has 0 bridgehead atoms. The Bertz CT molecular complexity index is 1610. The van der Waals surface area contributed by atoms with Crippen LogP contribution < -0.4 is 0 Å². The third kappa shape index (κ3) is 3.96. The zero-order valence-corrected chi connectivity index (χ0v) is 18.5. The van der Waals surface area contributed by atoms with Crippen molar-refractivity contribution in [3.8, 4) is 45.0 Å². The van der Waals surface area contributed by atoms with E-state index in [0.717, 1.165) is 22.3 Å². The van der Waals surface area contributed by atoms with Crippen LogP contribution in [0.1, 0.15) is 0 Å². The van der Waals surface area contributed by atoms with Gasteiger partial charge in [-0.2, -0.15) is 0 Å². The third-order valence-corrected chi connectivity index (χ3v) is 6.00. The molecule has 3 nitrogen and oxygen atoms in total. The standard InChI is InChI=1S/C31H21N3/c1-2-8-22(9-3-1)25-12-6-14-28(19-25)30-32-21-33-31(34-30)29-15-7-13-26(20-29)27-17-16-23-10-4-5-11-24(23)18-27/h1-21H. The highest BCUT2D eigenvalue weighted by Crippen LogP contribution is 2.29. The van der Waals surface area contributed by atoms with Gasteiger partial charge in [-0.3, -0.25) is 0 Å². The van der Waals surface area contributed by atoms with Crippen LogP contribution in [-0.2, 0) is 0 Å². The molecule has 0 radical (unpaired) electrons. The Morgan fingerprint density at radius 1 is 0.353 bits per heavy atom. The van der Waals surface area contributed by atoms with Gasteiger partial charge in [0.05, 0.1) is 0 Å². The molecule has 160 valence electrons. The number of hydrogen-bond donors (Lipinski definition) is 0. The lowest BCUT2D eigenvalue weighted by Gasteiger charge is -2.08. The molecule has 0 saturated carbocycles. The van der Waals surface area contributed by atoms with Gasteiger partial charge in [-0.15, -0.1) is 0 Å². The molecular weight excluding hydrogens is 414 g/mol. The maximum Gasteiger partial charge on any atom is 0.163 e. The van der Waals surface area contributed by atoms with Gasteiger partial charge in [0.2, 0.25) is 0 Å². The van der Waals surface area contributed by atoms with Crippen LogP contribution in [0.2, 0.25) is 0 Å². The minimum Gasteiger partial charge on any atom is -0.217 e. The minimum absolute atomic E-state index is 0.665. The number of hydrogen-bond acceptors (Lipinski definition) is 3. The van der Waals surface area contributed by atoms with Gasteiger partial charge in [-0.1, -0.05) is 103 Å². The van der Waals surface area contributed by atoms with E-state index in [-0.39, 0.29) is 0 Å². The molecule has 1 heterocycles. The van der Waals surface area contributed by atoms with Crippen molar-refractivity contribution < 1.29 is 0 Å². The summed E-state index contributed by atoms with van der Waals surface area (Å²) in [6.45, 7) is 0. The van der Waals surface area contributed by atoms with E-state index >= 15 is 0 Å². The van der Waals surface area contributed by atoms with E-state index in [4.69, 9.17) is 4.98 Å². The predicted octanol–water partition coefficient (Wildman–Crippen LogP) is 7.69. The van der Waals surface area contributed by atoms with Crippen LogP contribution in [0, 0.1) is 0 Å². The van der Waals surface area contributed by atoms with Crippen molar-refractivity contribution in [3.63, 3.8) is 0 Å². The second kappa shape index (κ2) is 8.72. The molecular formula is C31H21N3. The highest BCUT2D eigenvalue weighted by atomic mass is 15.0. The van der Waals surface area contributed by atoms with E-state index < -0.39 is 0 Å². The van der Waals surface area contributed by atoms with E-state index in [1.807, 2.05) is 36.4 Å². The minimum atomic E-state index is 0.665. The summed E-state index contributed by atoms with van der Waals surface area (Å²) in [7, 11) is 0. The van der Waals surface area contributed by atoms with Crippen LogP contribution in [0.4, 0.5) is 0 Å². The lowest BCUT2D eigenvalue weighted by Crippen LogP contribution is -1.95. The fourth-order valence-corrected chi connectivity index (χ4v) is 4.25. The second-order valence-electron chi connectivity index (χ2n) is 8.22. The molecule has 0 fully saturated rings. The Hall–Kier alpha value is -4.63. The van der Waals surface area contributed by atoms with Gasteiger partial charge in [0.1, 0.15) is 6.33 Å². The highest BCUT2D eigenvalue weighted by molar-refractivity contribution is 5.87. The Labute approximate surface area is 198 Å². The molecule has 1 aromatic heterocycles. The quantitative estimate of drug-likeness (QED) is 0.285. The first-order valence-electron chi connectivity index (χ1n) is 11.3. The number of fused-ring (bicyclic) bond motifs is 1. The lowest BCUT2D eigenvalue weighted by molar-refractivity contribution is 1.07. The summed E-state index contributed by atoms with van der Waals surface area (Å²) in [6, 6.07) is 42.0. The summed E-state index contributed by atoms with van der Waals surface area (Å²) < 4.78 is 0. The van der Waals surface area contributed by atoms with Crippen molar-refractivity contribution in [1.29, 1.82) is 0 Å². The van der Waals surface area contributed by atoms with Gasteiger partial charge in [-0.05, 0) is 51.2 Å². The molecule has 5 aromatic carbocycles. The SMILES string of the molecule is c1ccc(-c2cccc(-c3ncnc(-c4cccc(-c5ccc6ccccc6c5)c4)n3)c2)cc1. The van der Waals surface area contributed by atoms with Gasteiger partial charge < -0.3 is 0 Å². The first-order valence-corrected chi connectivity index (χ1v) is 11.3. The van der Waals surface area contributed by atoms with Gasteiger partial charge in [0, 0.05) is 11.1 Å². The summed E-state index contributed by atoms with van der Waals surface area (Å²) in [6.07, 6.45) is 1.59. The van der Waals surface area contributed by atoms with E-state index in [0.29, 0.717) is 11.6 Å². The van der Waals surface area contributed by atoms with Crippen LogP contribution in [-0.4, -0.2) is 15.0 Å². The fraction of sp³-hybridized carbons (Fsp3) is 0. The van der Waals surface area contributed by atoms with Crippen molar-refractivity contribution in [2.24, 2.45) is 0 Å². The fourth-order valence-electron chi connectivity index (χ4n) is 4.25. The molecule has 34 heavy (non-hydrogen) atoms. The Morgan fingerprint density at radius 2 is 0.882 bits per heavy atom. The number of benzene rings is 5. The number of aromatic nitrogens is 3. The molecule has 0 aliphatic rings. The maximum atomic E-state index is 4.81. The Morgan fingerprint density at radius 3 is 1.59 bits per heavy atom. The summed E-state index contributed by atoms with van der Waals surface area (Å²) in [4.78, 5) is 13.8. The summed E-state index contributed by atoms with van der Waals surface area (Å²) in [5.41, 5.74) is 6.55. The zero-order chi connectivity index (χ0) is 22.7. The van der Waals surface area contributed by atoms with Gasteiger partial charge in [0.15, 0.2) is 11.6 Å². The molecule has 0 amide bonds. The second-order valence-corrected chi connectivity index (χ2v) is 8.22. The summed E-state index contributed by atoms with van der Waals surface area (Å²) in [5, 5.41) is 2.47. The van der Waals surface area contributed by atoms with Crippen LogP contribution in [0.5, 0.6) is 0 Å². The maximum absolute atomic E-state index is 4.81. The van der Waals surface area contributed by atoms with Crippen molar-refractivity contribution >= 4 is 10.8 Å². The average molecular weight is 436 g/mol. The van der Waals surface area contributed by atoms with Crippen molar-refractivity contribution in [2.45, 2.75) is 0 Å². The van der Waals surface area contributed by atoms with Crippen LogP contribution >= 0.6 is 0 Å². The van der Waals surface area contributed by atoms with Crippen molar-refractivity contribution in [3.05, 3.63) is 128 Å². The van der Waals surface area contributed by atoms with Crippen LogP contribution in [0.25, 0.3) is 55.8 Å². The zero-order valence-electron chi connectivity index (χ0n) is 18.5. The number of nitrogens with zero attached hydrogens (tertiary/aromatic N) is 3. The molecule has 0 aliphatic heterocycles. The summed E-state index contributed by atoms with van der Waals surface area (Å²) in [5.74, 6) is 1.33. The first-order chi connectivity index (χ1) is 16.8. The molecule has 0 atom stereocenters. The molecule has 3 heteroatoms. The van der Waals surface area contributed by atoms with E-state index in [9.17, 15) is 0 Å². The molecule has 0 unspecified atom stereocenters. The third-order valence-electron chi connectivity index (χ3n) is 6.00. The van der Waals surface area contributed by atoms with Crippen molar-refractivity contribution in [1.82, 2.24) is 15.0 Å². The molecule has 0 aliphatic carbocycles.